The zero-order valence-corrected chi connectivity index (χ0v) is 14.6. The van der Waals surface area contributed by atoms with Crippen molar-refractivity contribution in [1.29, 1.82) is 0 Å². The molecule has 24 heavy (non-hydrogen) atoms. The van der Waals surface area contributed by atoms with Gasteiger partial charge in [-0.05, 0) is 44.2 Å². The molecule has 2 heterocycles. The molecule has 1 aromatic heterocycles. The van der Waals surface area contributed by atoms with Crippen LogP contribution in [0.15, 0.2) is 18.3 Å². The van der Waals surface area contributed by atoms with E-state index < -0.39 is 0 Å². The van der Waals surface area contributed by atoms with Gasteiger partial charge in [-0.2, -0.15) is 0 Å². The van der Waals surface area contributed by atoms with Crippen LogP contribution in [0.2, 0.25) is 0 Å². The van der Waals surface area contributed by atoms with Crippen LogP contribution in [0.25, 0.3) is 0 Å². The van der Waals surface area contributed by atoms with Crippen molar-refractivity contribution in [2.75, 3.05) is 13.1 Å². The largest absolute Gasteiger partial charge is 0.351 e. The third-order valence-corrected chi connectivity index (χ3v) is 5.29. The molecule has 2 aliphatic rings. The number of carbonyl (C=O) groups is 2. The summed E-state index contributed by atoms with van der Waals surface area (Å²) < 4.78 is 0. The van der Waals surface area contributed by atoms with E-state index in [0.29, 0.717) is 24.6 Å². The van der Waals surface area contributed by atoms with E-state index >= 15 is 0 Å². The van der Waals surface area contributed by atoms with E-state index in [-0.39, 0.29) is 23.8 Å². The summed E-state index contributed by atoms with van der Waals surface area (Å²) in [7, 11) is 0. The van der Waals surface area contributed by atoms with E-state index in [1.54, 1.807) is 6.20 Å². The monoisotopic (exact) mass is 329 g/mol. The summed E-state index contributed by atoms with van der Waals surface area (Å²) in [4.78, 5) is 31.0. The number of carbonyl (C=O) groups excluding carboxylic acids is 2. The molecule has 0 radical (unpaired) electrons. The lowest BCUT2D eigenvalue weighted by Gasteiger charge is -2.27. The Labute approximate surface area is 143 Å². The fraction of sp³-hybridized carbons (Fsp3) is 0.632. The van der Waals surface area contributed by atoms with Gasteiger partial charge in [0, 0.05) is 36.9 Å². The minimum atomic E-state index is 0.00513. The number of hydrogen-bond acceptors (Lipinski definition) is 3. The van der Waals surface area contributed by atoms with Crippen molar-refractivity contribution in [1.82, 2.24) is 15.2 Å². The molecule has 1 saturated carbocycles. The second-order valence-corrected chi connectivity index (χ2v) is 7.40. The Balaban J connectivity index is 1.52. The van der Waals surface area contributed by atoms with E-state index in [9.17, 15) is 9.59 Å². The molecule has 2 fully saturated rings. The molecule has 2 amide bonds. The number of pyridine rings is 1. The summed E-state index contributed by atoms with van der Waals surface area (Å²) in [5.74, 6) is 0.980. The molecule has 5 heteroatoms. The number of nitrogens with one attached hydrogen (secondary N) is 1. The van der Waals surface area contributed by atoms with E-state index in [2.05, 4.69) is 17.2 Å². The van der Waals surface area contributed by atoms with Gasteiger partial charge in [0.2, 0.25) is 5.91 Å². The Morgan fingerprint density at radius 2 is 2.08 bits per heavy atom. The van der Waals surface area contributed by atoms with Crippen molar-refractivity contribution in [3.63, 3.8) is 0 Å². The van der Waals surface area contributed by atoms with Gasteiger partial charge < -0.3 is 10.2 Å². The number of nitrogens with zero attached hydrogens (tertiary/aromatic N) is 2. The smallest absolute Gasteiger partial charge is 0.255 e. The van der Waals surface area contributed by atoms with Crippen LogP contribution in [-0.2, 0) is 4.79 Å². The molecule has 1 saturated heterocycles. The van der Waals surface area contributed by atoms with Crippen LogP contribution < -0.4 is 5.32 Å². The fourth-order valence-corrected chi connectivity index (χ4v) is 3.83. The highest BCUT2D eigenvalue weighted by atomic mass is 16.2. The highest BCUT2D eigenvalue weighted by Gasteiger charge is 2.31. The van der Waals surface area contributed by atoms with Gasteiger partial charge in [-0.3, -0.25) is 14.6 Å². The lowest BCUT2D eigenvalue weighted by molar-refractivity contribution is -0.127. The van der Waals surface area contributed by atoms with Gasteiger partial charge in [0.05, 0.1) is 5.56 Å². The standard InChI is InChI=1S/C19H27N3O2/c1-13-4-3-5-15(10-13)18(23)21-17-8-9-22(12-17)19(24)16-7-6-14(2)20-11-16/h6-7,11,13,15,17H,3-5,8-10,12H2,1-2H3,(H,21,23)/t13?,15?,17-/m1/s1. The van der Waals surface area contributed by atoms with E-state index in [1.165, 1.54) is 6.42 Å². The molecule has 0 bridgehead atoms. The first-order chi connectivity index (χ1) is 11.5. The normalized spacial score (nSPS) is 27.1. The third-order valence-electron chi connectivity index (χ3n) is 5.29. The molecule has 1 N–H and O–H groups in total. The zero-order chi connectivity index (χ0) is 17.1. The second-order valence-electron chi connectivity index (χ2n) is 7.40. The first kappa shape index (κ1) is 16.9. The molecule has 0 spiro atoms. The van der Waals surface area contributed by atoms with Crippen LogP contribution in [0.1, 0.15) is 55.1 Å². The van der Waals surface area contributed by atoms with Crippen LogP contribution in [-0.4, -0.2) is 40.8 Å². The number of aromatic nitrogens is 1. The van der Waals surface area contributed by atoms with Crippen molar-refractivity contribution < 1.29 is 9.59 Å². The molecule has 0 aromatic carbocycles. The molecule has 1 aliphatic carbocycles. The Morgan fingerprint density at radius 3 is 2.79 bits per heavy atom. The van der Waals surface area contributed by atoms with Crippen LogP contribution in [0.4, 0.5) is 0 Å². The summed E-state index contributed by atoms with van der Waals surface area (Å²) >= 11 is 0. The highest BCUT2D eigenvalue weighted by molar-refractivity contribution is 5.94. The number of aryl methyl sites for hydroxylation is 1. The number of rotatable bonds is 3. The van der Waals surface area contributed by atoms with Crippen LogP contribution >= 0.6 is 0 Å². The third kappa shape index (κ3) is 3.94. The number of likely N-dealkylation sites (tertiary alicyclic amines) is 1. The number of amides is 2. The summed E-state index contributed by atoms with van der Waals surface area (Å²) in [5.41, 5.74) is 1.52. The van der Waals surface area contributed by atoms with E-state index in [0.717, 1.165) is 31.4 Å². The van der Waals surface area contributed by atoms with Crippen molar-refractivity contribution in [3.8, 4) is 0 Å². The Kier molecular flexibility index (Phi) is 5.17. The second kappa shape index (κ2) is 7.32. The first-order valence-corrected chi connectivity index (χ1v) is 9.05. The van der Waals surface area contributed by atoms with Crippen molar-refractivity contribution >= 4 is 11.8 Å². The highest BCUT2D eigenvalue weighted by Crippen LogP contribution is 2.29. The van der Waals surface area contributed by atoms with Gasteiger partial charge in [-0.25, -0.2) is 0 Å². The molecule has 5 nitrogen and oxygen atoms in total. The molecule has 3 rings (SSSR count). The maximum absolute atomic E-state index is 12.5. The quantitative estimate of drug-likeness (QED) is 0.927. The van der Waals surface area contributed by atoms with Gasteiger partial charge >= 0.3 is 0 Å². The van der Waals surface area contributed by atoms with Gasteiger partial charge in [0.15, 0.2) is 0 Å². The Hall–Kier alpha value is -1.91. The molecule has 2 unspecified atom stereocenters. The predicted molar refractivity (Wildman–Crippen MR) is 92.5 cm³/mol. The summed E-state index contributed by atoms with van der Waals surface area (Å²) in [6.45, 7) is 5.42. The molecule has 3 atom stereocenters. The van der Waals surface area contributed by atoms with Gasteiger partial charge in [-0.1, -0.05) is 19.8 Å². The SMILES string of the molecule is Cc1ccc(C(=O)N2CC[C@@H](NC(=O)C3CCCC(C)C3)C2)cn1. The van der Waals surface area contributed by atoms with Crippen LogP contribution in [0, 0.1) is 18.8 Å². The first-order valence-electron chi connectivity index (χ1n) is 9.05. The number of hydrogen-bond donors (Lipinski definition) is 1. The molecule has 1 aliphatic heterocycles. The van der Waals surface area contributed by atoms with Gasteiger partial charge in [0.1, 0.15) is 0 Å². The molecule has 1 aromatic rings. The van der Waals surface area contributed by atoms with E-state index in [1.807, 2.05) is 24.0 Å². The summed E-state index contributed by atoms with van der Waals surface area (Å²) in [6.07, 6.45) is 6.85. The molecule has 130 valence electrons. The maximum atomic E-state index is 12.5. The zero-order valence-electron chi connectivity index (χ0n) is 14.6. The predicted octanol–water partition coefficient (Wildman–Crippen LogP) is 2.55. The lowest BCUT2D eigenvalue weighted by Crippen LogP contribution is -2.42. The summed E-state index contributed by atoms with van der Waals surface area (Å²) in [5, 5.41) is 3.17. The topological polar surface area (TPSA) is 62.3 Å². The fourth-order valence-electron chi connectivity index (χ4n) is 3.83. The minimum absolute atomic E-state index is 0.00513. The van der Waals surface area contributed by atoms with Crippen LogP contribution in [0.5, 0.6) is 0 Å². The van der Waals surface area contributed by atoms with Crippen molar-refractivity contribution in [2.24, 2.45) is 11.8 Å². The Bertz CT molecular complexity index is 599. The lowest BCUT2D eigenvalue weighted by atomic mass is 9.82. The van der Waals surface area contributed by atoms with Crippen molar-refractivity contribution in [2.45, 2.75) is 52.0 Å². The average Bonchev–Trinajstić information content (AvgIpc) is 3.03. The average molecular weight is 329 g/mol. The summed E-state index contributed by atoms with van der Waals surface area (Å²) in [6, 6.07) is 3.75. The Morgan fingerprint density at radius 1 is 1.25 bits per heavy atom. The van der Waals surface area contributed by atoms with Gasteiger partial charge in [-0.15, -0.1) is 0 Å². The minimum Gasteiger partial charge on any atom is -0.351 e. The van der Waals surface area contributed by atoms with Gasteiger partial charge in [0.25, 0.3) is 5.91 Å². The van der Waals surface area contributed by atoms with Crippen LogP contribution in [0.3, 0.4) is 0 Å². The van der Waals surface area contributed by atoms with Crippen molar-refractivity contribution in [3.05, 3.63) is 29.6 Å². The maximum Gasteiger partial charge on any atom is 0.255 e. The molecular formula is C19H27N3O2. The van der Waals surface area contributed by atoms with E-state index in [4.69, 9.17) is 0 Å². The molecular weight excluding hydrogens is 302 g/mol.